The van der Waals surface area contributed by atoms with Gasteiger partial charge in [-0.25, -0.2) is 13.8 Å². The zero-order valence-corrected chi connectivity index (χ0v) is 14.5. The predicted octanol–water partition coefficient (Wildman–Crippen LogP) is 3.43. The quantitative estimate of drug-likeness (QED) is 0.576. The number of anilines is 3. The van der Waals surface area contributed by atoms with E-state index in [2.05, 4.69) is 25.3 Å². The van der Waals surface area contributed by atoms with Gasteiger partial charge in [-0.1, -0.05) is 17.7 Å². The van der Waals surface area contributed by atoms with Gasteiger partial charge in [0, 0.05) is 17.8 Å². The first kappa shape index (κ1) is 16.8. The van der Waals surface area contributed by atoms with Crippen LogP contribution >= 0.6 is 0 Å². The highest BCUT2D eigenvalue weighted by Crippen LogP contribution is 2.24. The molecule has 0 saturated carbocycles. The first-order valence-electron chi connectivity index (χ1n) is 8.10. The van der Waals surface area contributed by atoms with E-state index in [1.165, 1.54) is 10.6 Å². The van der Waals surface area contributed by atoms with Crippen LogP contribution in [-0.2, 0) is 0 Å². The summed E-state index contributed by atoms with van der Waals surface area (Å²) in [7, 11) is 0. The molecule has 2 heterocycles. The van der Waals surface area contributed by atoms with Gasteiger partial charge in [0.05, 0.1) is 5.52 Å². The van der Waals surface area contributed by atoms with E-state index in [-0.39, 0.29) is 28.9 Å². The third kappa shape index (κ3) is 3.14. The normalized spacial score (nSPS) is 11.1. The molecule has 0 aliphatic carbocycles. The minimum absolute atomic E-state index is 0.0286. The number of benzene rings is 2. The maximum absolute atomic E-state index is 14.0. The summed E-state index contributed by atoms with van der Waals surface area (Å²) < 4.78 is 29.2. The number of aromatic nitrogens is 5. The molecule has 136 valence electrons. The molecule has 0 aliphatic rings. The van der Waals surface area contributed by atoms with Gasteiger partial charge in [-0.15, -0.1) is 0 Å². The summed E-state index contributed by atoms with van der Waals surface area (Å²) in [5.41, 5.74) is 7.92. The number of halogens is 2. The molecular weight excluding hydrogens is 352 g/mol. The Labute approximate surface area is 152 Å². The number of nitrogens with zero attached hydrogens (tertiary/aromatic N) is 5. The van der Waals surface area contributed by atoms with Crippen LogP contribution in [0.4, 0.5) is 26.4 Å². The summed E-state index contributed by atoms with van der Waals surface area (Å²) in [4.78, 5) is 16.6. The highest BCUT2D eigenvalue weighted by atomic mass is 19.1. The summed E-state index contributed by atoms with van der Waals surface area (Å²) in [6.07, 6.45) is 0. The Hall–Kier alpha value is -3.62. The third-order valence-electron chi connectivity index (χ3n) is 3.99. The molecule has 2 aromatic heterocycles. The fourth-order valence-electron chi connectivity index (χ4n) is 2.77. The van der Waals surface area contributed by atoms with Crippen molar-refractivity contribution in [3.05, 3.63) is 59.4 Å². The predicted molar refractivity (Wildman–Crippen MR) is 98.0 cm³/mol. The zero-order chi connectivity index (χ0) is 19.1. The minimum Gasteiger partial charge on any atom is -0.368 e. The molecule has 0 fully saturated rings. The first-order chi connectivity index (χ1) is 12.9. The minimum atomic E-state index is -0.758. The van der Waals surface area contributed by atoms with E-state index in [0.29, 0.717) is 5.82 Å². The van der Waals surface area contributed by atoms with E-state index in [9.17, 15) is 8.78 Å². The van der Waals surface area contributed by atoms with Crippen LogP contribution in [-0.4, -0.2) is 24.5 Å². The molecule has 27 heavy (non-hydrogen) atoms. The van der Waals surface area contributed by atoms with E-state index in [0.717, 1.165) is 17.3 Å². The van der Waals surface area contributed by atoms with Gasteiger partial charge in [0.2, 0.25) is 17.8 Å². The lowest BCUT2D eigenvalue weighted by Crippen LogP contribution is -2.10. The molecule has 0 radical (unpaired) electrons. The van der Waals surface area contributed by atoms with Gasteiger partial charge in [-0.2, -0.15) is 15.0 Å². The van der Waals surface area contributed by atoms with E-state index in [1.54, 1.807) is 6.92 Å². The number of hydrogen-bond acceptors (Lipinski definition) is 6. The lowest BCUT2D eigenvalue weighted by Gasteiger charge is -2.09. The average molecular weight is 367 g/mol. The molecule has 0 spiro atoms. The molecule has 0 unspecified atom stereocenters. The van der Waals surface area contributed by atoms with Crippen molar-refractivity contribution in [3.8, 4) is 5.95 Å². The summed E-state index contributed by atoms with van der Waals surface area (Å²) in [6, 6.07) is 9.58. The molecular formula is C18H15F2N7. The number of nitrogen functional groups attached to an aromatic ring is 1. The van der Waals surface area contributed by atoms with Crippen molar-refractivity contribution < 1.29 is 8.78 Å². The van der Waals surface area contributed by atoms with Crippen molar-refractivity contribution in [2.75, 3.05) is 11.1 Å². The molecule has 0 amide bonds. The molecule has 9 heteroatoms. The Bertz CT molecular complexity index is 1150. The number of nitrogens with two attached hydrogens (primary N) is 1. The summed E-state index contributed by atoms with van der Waals surface area (Å²) in [5, 5.41) is 3.04. The molecule has 0 bridgehead atoms. The van der Waals surface area contributed by atoms with E-state index in [1.807, 2.05) is 31.2 Å². The Morgan fingerprint density at radius 1 is 0.963 bits per heavy atom. The number of rotatable bonds is 3. The van der Waals surface area contributed by atoms with Crippen LogP contribution in [0.3, 0.4) is 0 Å². The van der Waals surface area contributed by atoms with Gasteiger partial charge in [-0.05, 0) is 26.0 Å². The Morgan fingerprint density at radius 3 is 2.44 bits per heavy atom. The van der Waals surface area contributed by atoms with Crippen molar-refractivity contribution in [2.24, 2.45) is 0 Å². The number of imidazole rings is 1. The van der Waals surface area contributed by atoms with Gasteiger partial charge in [0.1, 0.15) is 17.2 Å². The number of hydrogen-bond donors (Lipinski definition) is 2. The number of aryl methyl sites for hydroxylation is 2. The molecule has 4 aromatic rings. The number of fused-ring (bicyclic) bond motifs is 1. The molecule has 0 atom stereocenters. The lowest BCUT2D eigenvalue weighted by molar-refractivity contribution is 0.590. The SMILES string of the molecule is Cc1ccc(Nc2nc(N)nc(-n3c(C)nc4c(F)cc(F)cc43)n2)cc1. The second-order valence-electron chi connectivity index (χ2n) is 6.06. The molecule has 7 nitrogen and oxygen atoms in total. The Kier molecular flexibility index (Phi) is 3.91. The molecule has 0 aliphatic heterocycles. The monoisotopic (exact) mass is 367 g/mol. The van der Waals surface area contributed by atoms with E-state index in [4.69, 9.17) is 5.73 Å². The highest BCUT2D eigenvalue weighted by molar-refractivity contribution is 5.78. The van der Waals surface area contributed by atoms with Crippen LogP contribution in [0.25, 0.3) is 17.0 Å². The fourth-order valence-corrected chi connectivity index (χ4v) is 2.77. The summed E-state index contributed by atoms with van der Waals surface area (Å²) in [6.45, 7) is 3.62. The van der Waals surface area contributed by atoms with Gasteiger partial charge < -0.3 is 11.1 Å². The standard InChI is InChI=1S/C18H15F2N7/c1-9-3-5-12(6-4-9)23-17-24-16(21)25-18(26-17)27-10(2)22-15-13(20)7-11(19)8-14(15)27/h3-8H,1-2H3,(H3,21,23,24,25,26). The molecule has 3 N–H and O–H groups in total. The van der Waals surface area contributed by atoms with Crippen LogP contribution in [0.2, 0.25) is 0 Å². The topological polar surface area (TPSA) is 94.5 Å². The van der Waals surface area contributed by atoms with Crippen molar-refractivity contribution in [1.29, 1.82) is 0 Å². The van der Waals surface area contributed by atoms with Crippen LogP contribution in [0.5, 0.6) is 0 Å². The average Bonchev–Trinajstić information content (AvgIpc) is 2.93. The Balaban J connectivity index is 1.83. The third-order valence-corrected chi connectivity index (χ3v) is 3.99. The smallest absolute Gasteiger partial charge is 0.242 e. The van der Waals surface area contributed by atoms with E-state index < -0.39 is 11.6 Å². The van der Waals surface area contributed by atoms with Crippen LogP contribution in [0, 0.1) is 25.5 Å². The Morgan fingerprint density at radius 2 is 1.70 bits per heavy atom. The lowest BCUT2D eigenvalue weighted by atomic mass is 10.2. The van der Waals surface area contributed by atoms with Gasteiger partial charge in [0.25, 0.3) is 0 Å². The molecule has 4 rings (SSSR count). The van der Waals surface area contributed by atoms with Gasteiger partial charge in [-0.3, -0.25) is 4.57 Å². The first-order valence-corrected chi connectivity index (χ1v) is 8.10. The maximum Gasteiger partial charge on any atom is 0.242 e. The van der Waals surface area contributed by atoms with E-state index >= 15 is 0 Å². The zero-order valence-electron chi connectivity index (χ0n) is 14.5. The summed E-state index contributed by atoms with van der Waals surface area (Å²) >= 11 is 0. The van der Waals surface area contributed by atoms with Gasteiger partial charge >= 0.3 is 0 Å². The largest absolute Gasteiger partial charge is 0.368 e. The van der Waals surface area contributed by atoms with Crippen molar-refractivity contribution in [3.63, 3.8) is 0 Å². The second-order valence-corrected chi connectivity index (χ2v) is 6.06. The van der Waals surface area contributed by atoms with Gasteiger partial charge in [0.15, 0.2) is 5.82 Å². The van der Waals surface area contributed by atoms with Crippen molar-refractivity contribution in [2.45, 2.75) is 13.8 Å². The second kappa shape index (κ2) is 6.27. The van der Waals surface area contributed by atoms with Crippen molar-refractivity contribution >= 4 is 28.6 Å². The van der Waals surface area contributed by atoms with Crippen molar-refractivity contribution in [1.82, 2.24) is 24.5 Å². The van der Waals surface area contributed by atoms with Crippen LogP contribution in [0.15, 0.2) is 36.4 Å². The van der Waals surface area contributed by atoms with Crippen LogP contribution < -0.4 is 11.1 Å². The highest BCUT2D eigenvalue weighted by Gasteiger charge is 2.17. The summed E-state index contributed by atoms with van der Waals surface area (Å²) in [5.74, 6) is -0.802. The number of nitrogens with one attached hydrogen (secondary N) is 1. The molecule has 0 saturated heterocycles. The van der Waals surface area contributed by atoms with Crippen LogP contribution in [0.1, 0.15) is 11.4 Å². The molecule has 2 aromatic carbocycles. The fraction of sp³-hybridized carbons (Fsp3) is 0.111. The maximum atomic E-state index is 14.0.